The third-order valence-electron chi connectivity index (χ3n) is 4.49. The number of hydrogen-bond donors (Lipinski definition) is 1. The molecule has 0 aliphatic carbocycles. The van der Waals surface area contributed by atoms with Crippen LogP contribution in [0.2, 0.25) is 0 Å². The van der Waals surface area contributed by atoms with Crippen LogP contribution in [0.5, 0.6) is 5.75 Å². The van der Waals surface area contributed by atoms with Gasteiger partial charge in [0.2, 0.25) is 0 Å². The summed E-state index contributed by atoms with van der Waals surface area (Å²) >= 11 is 0. The van der Waals surface area contributed by atoms with Crippen LogP contribution in [0.1, 0.15) is 30.0 Å². The molecule has 2 atom stereocenters. The standard InChI is InChI=1S/C19H22N2O4.ClH/c1-24-17-10-9-16(21(22)23)12-15(17)13-25-18-8-5-11-20-19(18)14-6-3-2-4-7-14;/h2-4,6-7,9-10,12,18-20H,5,8,11,13H2,1H3;1H. The SMILES string of the molecule is COc1ccc([N+](=O)[O-])cc1COC1CCCNC1c1ccccc1.Cl. The van der Waals surface area contributed by atoms with Crippen LogP contribution in [-0.4, -0.2) is 24.7 Å². The number of benzene rings is 2. The van der Waals surface area contributed by atoms with Gasteiger partial charge in [-0.2, -0.15) is 0 Å². The van der Waals surface area contributed by atoms with Gasteiger partial charge >= 0.3 is 0 Å². The third-order valence-corrected chi connectivity index (χ3v) is 4.49. The number of ether oxygens (including phenoxy) is 2. The highest BCUT2D eigenvalue weighted by Gasteiger charge is 2.27. The number of nitrogens with zero attached hydrogens (tertiary/aromatic N) is 1. The molecule has 1 N–H and O–H groups in total. The van der Waals surface area contributed by atoms with Crippen molar-refractivity contribution in [2.75, 3.05) is 13.7 Å². The van der Waals surface area contributed by atoms with Gasteiger partial charge in [0.25, 0.3) is 5.69 Å². The van der Waals surface area contributed by atoms with E-state index in [0.29, 0.717) is 11.3 Å². The highest BCUT2D eigenvalue weighted by Crippen LogP contribution is 2.29. The number of nitro benzene ring substituents is 1. The summed E-state index contributed by atoms with van der Waals surface area (Å²) in [7, 11) is 1.56. The van der Waals surface area contributed by atoms with Crippen LogP contribution >= 0.6 is 12.4 Å². The smallest absolute Gasteiger partial charge is 0.270 e. The monoisotopic (exact) mass is 378 g/mol. The Morgan fingerprint density at radius 2 is 2.00 bits per heavy atom. The highest BCUT2D eigenvalue weighted by atomic mass is 35.5. The van der Waals surface area contributed by atoms with Crippen LogP contribution < -0.4 is 10.1 Å². The largest absolute Gasteiger partial charge is 0.496 e. The Labute approximate surface area is 159 Å². The molecule has 1 aliphatic rings. The van der Waals surface area contributed by atoms with Gasteiger partial charge in [-0.3, -0.25) is 10.1 Å². The Morgan fingerprint density at radius 1 is 1.23 bits per heavy atom. The first-order valence-electron chi connectivity index (χ1n) is 8.40. The summed E-state index contributed by atoms with van der Waals surface area (Å²) in [6, 6.07) is 14.9. The fourth-order valence-electron chi connectivity index (χ4n) is 3.22. The molecule has 1 saturated heterocycles. The van der Waals surface area contributed by atoms with Crippen molar-refractivity contribution < 1.29 is 14.4 Å². The maximum Gasteiger partial charge on any atom is 0.270 e. The van der Waals surface area contributed by atoms with E-state index in [1.54, 1.807) is 13.2 Å². The van der Waals surface area contributed by atoms with Gasteiger partial charge in [0.05, 0.1) is 30.8 Å². The summed E-state index contributed by atoms with van der Waals surface area (Å²) in [5.74, 6) is 0.602. The van der Waals surface area contributed by atoms with Gasteiger partial charge in [-0.25, -0.2) is 0 Å². The topological polar surface area (TPSA) is 73.6 Å². The van der Waals surface area contributed by atoms with Crippen molar-refractivity contribution in [3.05, 3.63) is 69.8 Å². The molecular weight excluding hydrogens is 356 g/mol. The lowest BCUT2D eigenvalue weighted by Gasteiger charge is -2.33. The Kier molecular flexibility index (Phi) is 7.38. The number of piperidine rings is 1. The van der Waals surface area contributed by atoms with Crippen molar-refractivity contribution in [3.63, 3.8) is 0 Å². The average Bonchev–Trinajstić information content (AvgIpc) is 2.67. The molecule has 1 fully saturated rings. The van der Waals surface area contributed by atoms with E-state index in [9.17, 15) is 10.1 Å². The molecule has 1 aliphatic heterocycles. The summed E-state index contributed by atoms with van der Waals surface area (Å²) in [5.41, 5.74) is 1.92. The molecule has 140 valence electrons. The summed E-state index contributed by atoms with van der Waals surface area (Å²) in [6.45, 7) is 1.24. The lowest BCUT2D eigenvalue weighted by molar-refractivity contribution is -0.385. The molecule has 2 unspecified atom stereocenters. The maximum absolute atomic E-state index is 11.0. The Bertz CT molecular complexity index is 727. The van der Waals surface area contributed by atoms with Crippen molar-refractivity contribution in [2.45, 2.75) is 31.6 Å². The molecule has 1 heterocycles. The summed E-state index contributed by atoms with van der Waals surface area (Å²) in [6.07, 6.45) is 2.00. The van der Waals surface area contributed by atoms with Gasteiger partial charge in [-0.1, -0.05) is 30.3 Å². The molecular formula is C19H23ClN2O4. The average molecular weight is 379 g/mol. The van der Waals surface area contributed by atoms with Crippen molar-refractivity contribution in [2.24, 2.45) is 0 Å². The van der Waals surface area contributed by atoms with E-state index in [0.717, 1.165) is 19.4 Å². The van der Waals surface area contributed by atoms with Gasteiger partial charge in [0.1, 0.15) is 5.75 Å². The van der Waals surface area contributed by atoms with E-state index in [-0.39, 0.29) is 36.8 Å². The molecule has 0 spiro atoms. The van der Waals surface area contributed by atoms with Crippen molar-refractivity contribution in [1.29, 1.82) is 0 Å². The molecule has 2 aromatic rings. The summed E-state index contributed by atoms with van der Waals surface area (Å²) in [4.78, 5) is 10.6. The first-order chi connectivity index (χ1) is 12.2. The second kappa shape index (κ2) is 9.52. The first kappa shape index (κ1) is 20.2. The van der Waals surface area contributed by atoms with Crippen LogP contribution in [0.3, 0.4) is 0 Å². The zero-order valence-electron chi connectivity index (χ0n) is 14.6. The van der Waals surface area contributed by atoms with Crippen LogP contribution in [0, 0.1) is 10.1 Å². The number of nitrogens with one attached hydrogen (secondary N) is 1. The molecule has 0 amide bonds. The second-order valence-electron chi connectivity index (χ2n) is 6.09. The fourth-order valence-corrected chi connectivity index (χ4v) is 3.22. The van der Waals surface area contributed by atoms with Gasteiger partial charge in [0, 0.05) is 17.7 Å². The van der Waals surface area contributed by atoms with E-state index in [4.69, 9.17) is 9.47 Å². The lowest BCUT2D eigenvalue weighted by atomic mass is 9.94. The Balaban J connectivity index is 0.00000243. The van der Waals surface area contributed by atoms with Crippen LogP contribution in [-0.2, 0) is 11.3 Å². The fraction of sp³-hybridized carbons (Fsp3) is 0.368. The minimum absolute atomic E-state index is 0. The number of nitro groups is 1. The van der Waals surface area contributed by atoms with E-state index in [2.05, 4.69) is 17.4 Å². The Morgan fingerprint density at radius 3 is 2.69 bits per heavy atom. The minimum Gasteiger partial charge on any atom is -0.496 e. The van der Waals surface area contributed by atoms with Crippen LogP contribution in [0.4, 0.5) is 5.69 Å². The van der Waals surface area contributed by atoms with Gasteiger partial charge in [-0.15, -0.1) is 12.4 Å². The van der Waals surface area contributed by atoms with Crippen LogP contribution in [0.15, 0.2) is 48.5 Å². The molecule has 2 aromatic carbocycles. The number of methoxy groups -OCH3 is 1. The second-order valence-corrected chi connectivity index (χ2v) is 6.09. The maximum atomic E-state index is 11.0. The summed E-state index contributed by atoms with van der Waals surface area (Å²) in [5, 5.41) is 14.5. The third kappa shape index (κ3) is 4.72. The summed E-state index contributed by atoms with van der Waals surface area (Å²) < 4.78 is 11.5. The first-order valence-corrected chi connectivity index (χ1v) is 8.40. The molecule has 0 radical (unpaired) electrons. The molecule has 0 aromatic heterocycles. The number of rotatable bonds is 6. The van der Waals surface area contributed by atoms with E-state index >= 15 is 0 Å². The number of non-ortho nitro benzene ring substituents is 1. The van der Waals surface area contributed by atoms with Gasteiger partial charge < -0.3 is 14.8 Å². The molecule has 6 nitrogen and oxygen atoms in total. The van der Waals surface area contributed by atoms with E-state index in [1.807, 2.05) is 18.2 Å². The van der Waals surface area contributed by atoms with Crippen LogP contribution in [0.25, 0.3) is 0 Å². The zero-order valence-corrected chi connectivity index (χ0v) is 15.4. The van der Waals surface area contributed by atoms with Crippen molar-refractivity contribution >= 4 is 18.1 Å². The molecule has 26 heavy (non-hydrogen) atoms. The normalized spacial score (nSPS) is 19.4. The van der Waals surface area contributed by atoms with Crippen molar-refractivity contribution in [3.8, 4) is 5.75 Å². The van der Waals surface area contributed by atoms with E-state index < -0.39 is 4.92 Å². The zero-order chi connectivity index (χ0) is 17.6. The highest BCUT2D eigenvalue weighted by molar-refractivity contribution is 5.85. The lowest BCUT2D eigenvalue weighted by Crippen LogP contribution is -2.39. The predicted molar refractivity (Wildman–Crippen MR) is 102 cm³/mol. The molecule has 3 rings (SSSR count). The molecule has 0 saturated carbocycles. The van der Waals surface area contributed by atoms with E-state index in [1.165, 1.54) is 17.7 Å². The minimum atomic E-state index is -0.405. The molecule has 0 bridgehead atoms. The van der Waals surface area contributed by atoms with Gasteiger partial charge in [-0.05, 0) is 31.0 Å². The van der Waals surface area contributed by atoms with Crippen molar-refractivity contribution in [1.82, 2.24) is 5.32 Å². The van der Waals surface area contributed by atoms with Gasteiger partial charge in [0.15, 0.2) is 0 Å². The number of hydrogen-bond acceptors (Lipinski definition) is 5. The number of halogens is 1. The Hall–Kier alpha value is -2.15. The predicted octanol–water partition coefficient (Wildman–Crippen LogP) is 4.04. The quantitative estimate of drug-likeness (QED) is 0.606. The molecule has 7 heteroatoms.